The predicted molar refractivity (Wildman–Crippen MR) is 95.7 cm³/mol. The van der Waals surface area contributed by atoms with Gasteiger partial charge in [0.05, 0.1) is 12.5 Å². The van der Waals surface area contributed by atoms with Gasteiger partial charge in [0.2, 0.25) is 5.91 Å². The number of piperidine rings is 1. The third kappa shape index (κ3) is 4.54. The highest BCUT2D eigenvalue weighted by atomic mass is 16.5. The molecule has 1 aliphatic heterocycles. The number of aromatic nitrogens is 2. The van der Waals surface area contributed by atoms with Gasteiger partial charge in [0.15, 0.2) is 5.82 Å². The minimum absolute atomic E-state index is 0.0113. The predicted octanol–water partition coefficient (Wildman–Crippen LogP) is 2.56. The molecule has 132 valence electrons. The van der Waals surface area contributed by atoms with Crippen LogP contribution in [0.3, 0.4) is 0 Å². The van der Waals surface area contributed by atoms with E-state index in [2.05, 4.69) is 26.9 Å². The number of hydrogen-bond acceptors (Lipinski definition) is 5. The Morgan fingerprint density at radius 3 is 3.00 bits per heavy atom. The van der Waals surface area contributed by atoms with E-state index in [1.807, 2.05) is 31.2 Å². The van der Waals surface area contributed by atoms with E-state index >= 15 is 0 Å². The standard InChI is InChI=1S/C19H24N4O2/c1-3-10-20-18(24)16-5-4-11-23(12-16)13-17-21-19(25-22-17)15-8-6-14(2)7-9-15/h3,6-9,16H,1,4-5,10-13H2,2H3,(H,20,24)/t16-/m0/s1. The van der Waals surface area contributed by atoms with Crippen molar-refractivity contribution in [2.45, 2.75) is 26.3 Å². The van der Waals surface area contributed by atoms with Gasteiger partial charge in [0.1, 0.15) is 0 Å². The lowest BCUT2D eigenvalue weighted by atomic mass is 9.97. The van der Waals surface area contributed by atoms with Crippen LogP contribution in [-0.2, 0) is 11.3 Å². The molecule has 0 bridgehead atoms. The van der Waals surface area contributed by atoms with Crippen molar-refractivity contribution in [1.82, 2.24) is 20.4 Å². The van der Waals surface area contributed by atoms with Gasteiger partial charge in [-0.05, 0) is 38.4 Å². The maximum atomic E-state index is 12.1. The van der Waals surface area contributed by atoms with E-state index in [-0.39, 0.29) is 11.8 Å². The van der Waals surface area contributed by atoms with Crippen molar-refractivity contribution in [3.8, 4) is 11.5 Å². The molecule has 0 unspecified atom stereocenters. The molecule has 1 aromatic heterocycles. The molecule has 3 rings (SSSR count). The first-order chi connectivity index (χ1) is 12.2. The highest BCUT2D eigenvalue weighted by Crippen LogP contribution is 2.21. The molecule has 1 aromatic carbocycles. The Hall–Kier alpha value is -2.47. The van der Waals surface area contributed by atoms with Gasteiger partial charge in [0.25, 0.3) is 5.89 Å². The van der Waals surface area contributed by atoms with Crippen molar-refractivity contribution in [3.63, 3.8) is 0 Å². The van der Waals surface area contributed by atoms with Crippen molar-refractivity contribution in [3.05, 3.63) is 48.3 Å². The van der Waals surface area contributed by atoms with Crippen molar-refractivity contribution >= 4 is 5.91 Å². The van der Waals surface area contributed by atoms with Gasteiger partial charge < -0.3 is 9.84 Å². The summed E-state index contributed by atoms with van der Waals surface area (Å²) in [6.07, 6.45) is 3.61. The molecular formula is C19H24N4O2. The fourth-order valence-electron chi connectivity index (χ4n) is 3.06. The highest BCUT2D eigenvalue weighted by molar-refractivity contribution is 5.79. The van der Waals surface area contributed by atoms with Gasteiger partial charge >= 0.3 is 0 Å². The van der Waals surface area contributed by atoms with Gasteiger partial charge in [0, 0.05) is 18.7 Å². The Balaban J connectivity index is 1.59. The van der Waals surface area contributed by atoms with Gasteiger partial charge in [-0.2, -0.15) is 4.98 Å². The summed E-state index contributed by atoms with van der Waals surface area (Å²) in [5.41, 5.74) is 2.11. The van der Waals surface area contributed by atoms with E-state index in [0.717, 1.165) is 31.5 Å². The lowest BCUT2D eigenvalue weighted by molar-refractivity contribution is -0.126. The number of carbonyl (C=O) groups is 1. The fraction of sp³-hybridized carbons (Fsp3) is 0.421. The van der Waals surface area contributed by atoms with E-state index in [4.69, 9.17) is 4.52 Å². The first-order valence-corrected chi connectivity index (χ1v) is 8.66. The third-order valence-corrected chi connectivity index (χ3v) is 4.43. The molecule has 0 radical (unpaired) electrons. The van der Waals surface area contributed by atoms with Crippen molar-refractivity contribution in [2.24, 2.45) is 5.92 Å². The summed E-state index contributed by atoms with van der Waals surface area (Å²) in [4.78, 5) is 18.8. The van der Waals surface area contributed by atoms with Gasteiger partial charge in [-0.3, -0.25) is 9.69 Å². The second-order valence-corrected chi connectivity index (χ2v) is 6.49. The SMILES string of the molecule is C=CCNC(=O)[C@H]1CCCN(Cc2noc(-c3ccc(C)cc3)n2)C1. The second-order valence-electron chi connectivity index (χ2n) is 6.49. The molecule has 1 N–H and O–H groups in total. The normalized spacial score (nSPS) is 18.0. The van der Waals surface area contributed by atoms with Crippen molar-refractivity contribution in [1.29, 1.82) is 0 Å². The Labute approximate surface area is 147 Å². The first-order valence-electron chi connectivity index (χ1n) is 8.66. The molecular weight excluding hydrogens is 316 g/mol. The Morgan fingerprint density at radius 2 is 2.24 bits per heavy atom. The number of carbonyl (C=O) groups excluding carboxylic acids is 1. The van der Waals surface area contributed by atoms with Crippen LogP contribution in [0.15, 0.2) is 41.4 Å². The van der Waals surface area contributed by atoms with E-state index in [1.165, 1.54) is 5.56 Å². The Kier molecular flexibility index (Phi) is 5.60. The number of amides is 1. The van der Waals surface area contributed by atoms with E-state index < -0.39 is 0 Å². The van der Waals surface area contributed by atoms with Crippen LogP contribution < -0.4 is 5.32 Å². The summed E-state index contributed by atoms with van der Waals surface area (Å²) < 4.78 is 5.38. The van der Waals surface area contributed by atoms with Crippen LogP contribution in [0.2, 0.25) is 0 Å². The van der Waals surface area contributed by atoms with E-state index in [0.29, 0.717) is 24.8 Å². The summed E-state index contributed by atoms with van der Waals surface area (Å²) in [7, 11) is 0. The number of benzene rings is 1. The topological polar surface area (TPSA) is 71.3 Å². The van der Waals surface area contributed by atoms with Crippen LogP contribution in [0.1, 0.15) is 24.2 Å². The van der Waals surface area contributed by atoms with Crippen LogP contribution in [0.25, 0.3) is 11.5 Å². The van der Waals surface area contributed by atoms with Gasteiger partial charge in [-0.1, -0.05) is 28.9 Å². The second kappa shape index (κ2) is 8.07. The molecule has 1 atom stereocenters. The third-order valence-electron chi connectivity index (χ3n) is 4.43. The van der Waals surface area contributed by atoms with Crippen LogP contribution in [0.5, 0.6) is 0 Å². The van der Waals surface area contributed by atoms with Crippen molar-refractivity contribution < 1.29 is 9.32 Å². The lowest BCUT2D eigenvalue weighted by Gasteiger charge is -2.30. The van der Waals surface area contributed by atoms with Crippen LogP contribution >= 0.6 is 0 Å². The molecule has 6 heteroatoms. The molecule has 1 saturated heterocycles. The zero-order chi connectivity index (χ0) is 17.6. The Bertz CT molecular complexity index is 723. The molecule has 2 heterocycles. The molecule has 1 amide bonds. The highest BCUT2D eigenvalue weighted by Gasteiger charge is 2.26. The van der Waals surface area contributed by atoms with Crippen LogP contribution in [0, 0.1) is 12.8 Å². The zero-order valence-corrected chi connectivity index (χ0v) is 14.6. The van der Waals surface area contributed by atoms with Gasteiger partial charge in [-0.25, -0.2) is 0 Å². The number of nitrogens with zero attached hydrogens (tertiary/aromatic N) is 3. The molecule has 0 aliphatic carbocycles. The number of rotatable bonds is 6. The van der Waals surface area contributed by atoms with Crippen LogP contribution in [0.4, 0.5) is 0 Å². The molecule has 2 aromatic rings. The molecule has 6 nitrogen and oxygen atoms in total. The largest absolute Gasteiger partial charge is 0.352 e. The smallest absolute Gasteiger partial charge is 0.257 e. The van der Waals surface area contributed by atoms with E-state index in [1.54, 1.807) is 6.08 Å². The molecule has 1 aliphatic rings. The number of likely N-dealkylation sites (tertiary alicyclic amines) is 1. The van der Waals surface area contributed by atoms with E-state index in [9.17, 15) is 4.79 Å². The lowest BCUT2D eigenvalue weighted by Crippen LogP contribution is -2.42. The van der Waals surface area contributed by atoms with Gasteiger partial charge in [-0.15, -0.1) is 6.58 Å². The average molecular weight is 340 g/mol. The summed E-state index contributed by atoms with van der Waals surface area (Å²) in [6, 6.07) is 8.01. The minimum Gasteiger partial charge on any atom is -0.352 e. The monoisotopic (exact) mass is 340 g/mol. The quantitative estimate of drug-likeness (QED) is 0.818. The maximum Gasteiger partial charge on any atom is 0.257 e. The fourth-order valence-corrected chi connectivity index (χ4v) is 3.06. The first kappa shape index (κ1) is 17.4. The summed E-state index contributed by atoms with van der Waals surface area (Å²) in [6.45, 7) is 8.45. The Morgan fingerprint density at radius 1 is 1.44 bits per heavy atom. The van der Waals surface area contributed by atoms with Crippen molar-refractivity contribution in [2.75, 3.05) is 19.6 Å². The molecule has 0 saturated carbocycles. The molecule has 1 fully saturated rings. The zero-order valence-electron chi connectivity index (χ0n) is 14.6. The summed E-state index contributed by atoms with van der Waals surface area (Å²) in [5, 5.41) is 6.97. The number of nitrogens with one attached hydrogen (secondary N) is 1. The van der Waals surface area contributed by atoms with Crippen LogP contribution in [-0.4, -0.2) is 40.6 Å². The summed E-state index contributed by atoms with van der Waals surface area (Å²) >= 11 is 0. The number of aryl methyl sites for hydroxylation is 1. The molecule has 25 heavy (non-hydrogen) atoms. The number of hydrogen-bond donors (Lipinski definition) is 1. The molecule has 0 spiro atoms. The average Bonchev–Trinajstić information content (AvgIpc) is 3.09. The maximum absolute atomic E-state index is 12.1. The minimum atomic E-state index is 0.0113. The summed E-state index contributed by atoms with van der Waals surface area (Å²) in [5.74, 6) is 1.30.